The Hall–Kier alpha value is -4.05. The van der Waals surface area contributed by atoms with E-state index in [0.717, 1.165) is 17.3 Å². The molecule has 0 bridgehead atoms. The Bertz CT molecular complexity index is 1270. The number of aromatic nitrogens is 3. The molecule has 1 heterocycles. The number of halogens is 2. The van der Waals surface area contributed by atoms with Gasteiger partial charge >= 0.3 is 0 Å². The molecule has 0 aliphatic carbocycles. The molecule has 0 saturated carbocycles. The van der Waals surface area contributed by atoms with Gasteiger partial charge in [-0.1, -0.05) is 42.1 Å². The van der Waals surface area contributed by atoms with Crippen molar-refractivity contribution in [2.24, 2.45) is 0 Å². The van der Waals surface area contributed by atoms with Crippen LogP contribution in [0.15, 0.2) is 84.0 Å². The van der Waals surface area contributed by atoms with Crippen LogP contribution in [0.5, 0.6) is 0 Å². The fourth-order valence-electron chi connectivity index (χ4n) is 3.08. The van der Waals surface area contributed by atoms with Crippen molar-refractivity contribution in [1.29, 1.82) is 0 Å². The highest BCUT2D eigenvalue weighted by atomic mass is 32.2. The van der Waals surface area contributed by atoms with Crippen molar-refractivity contribution in [3.8, 4) is 0 Å². The van der Waals surface area contributed by atoms with Gasteiger partial charge in [0.05, 0.1) is 11.8 Å². The molecule has 0 saturated heterocycles. The minimum atomic E-state index is -0.381. The first-order chi connectivity index (χ1) is 16.9. The number of anilines is 4. The summed E-state index contributed by atoms with van der Waals surface area (Å²) in [4.78, 5) is 25.6. The van der Waals surface area contributed by atoms with Gasteiger partial charge in [0, 0.05) is 11.4 Å². The molecule has 1 atom stereocenters. The molecule has 7 nitrogen and oxygen atoms in total. The lowest BCUT2D eigenvalue weighted by atomic mass is 10.1. The highest BCUT2D eigenvalue weighted by molar-refractivity contribution is 7.99. The van der Waals surface area contributed by atoms with Crippen LogP contribution < -0.4 is 16.0 Å². The van der Waals surface area contributed by atoms with Crippen LogP contribution in [0.25, 0.3) is 0 Å². The molecule has 10 heteroatoms. The zero-order valence-electron chi connectivity index (χ0n) is 18.7. The fourth-order valence-corrected chi connectivity index (χ4v) is 3.72. The monoisotopic (exact) mass is 492 g/mol. The number of rotatable bonds is 9. The molecule has 4 rings (SSSR count). The smallest absolute Gasteiger partial charge is 0.234 e. The quantitative estimate of drug-likeness (QED) is 0.255. The molecule has 0 aliphatic heterocycles. The van der Waals surface area contributed by atoms with Crippen LogP contribution in [0.2, 0.25) is 0 Å². The zero-order valence-corrected chi connectivity index (χ0v) is 19.5. The maximum Gasteiger partial charge on any atom is 0.234 e. The number of hydrogen-bond donors (Lipinski definition) is 3. The fraction of sp³-hybridized carbons (Fsp3) is 0.120. The van der Waals surface area contributed by atoms with E-state index < -0.39 is 0 Å². The molecule has 35 heavy (non-hydrogen) atoms. The number of thioether (sulfide) groups is 1. The van der Waals surface area contributed by atoms with Gasteiger partial charge in [-0.25, -0.2) is 8.78 Å². The van der Waals surface area contributed by atoms with Gasteiger partial charge in [0.15, 0.2) is 5.16 Å². The molecule has 0 spiro atoms. The van der Waals surface area contributed by atoms with E-state index in [2.05, 4.69) is 30.9 Å². The summed E-state index contributed by atoms with van der Waals surface area (Å²) >= 11 is 1.13. The van der Waals surface area contributed by atoms with E-state index in [4.69, 9.17) is 0 Å². The Morgan fingerprint density at radius 3 is 2.09 bits per heavy atom. The summed E-state index contributed by atoms with van der Waals surface area (Å²) in [6.45, 7) is 1.98. The number of nitrogens with one attached hydrogen (secondary N) is 3. The summed E-state index contributed by atoms with van der Waals surface area (Å²) in [5, 5.41) is 9.32. The molecule has 1 aromatic heterocycles. The lowest BCUT2D eigenvalue weighted by Gasteiger charge is -2.15. The zero-order chi connectivity index (χ0) is 24.6. The Kier molecular flexibility index (Phi) is 7.84. The van der Waals surface area contributed by atoms with Crippen molar-refractivity contribution in [1.82, 2.24) is 15.0 Å². The van der Waals surface area contributed by atoms with Gasteiger partial charge in [-0.05, 0) is 61.0 Å². The van der Waals surface area contributed by atoms with E-state index in [1.807, 2.05) is 37.3 Å². The van der Waals surface area contributed by atoms with Crippen LogP contribution in [0.1, 0.15) is 18.5 Å². The number of carbonyl (C=O) groups is 1. The molecule has 178 valence electrons. The first-order valence-electron chi connectivity index (χ1n) is 10.7. The third-order valence-corrected chi connectivity index (χ3v) is 5.67. The summed E-state index contributed by atoms with van der Waals surface area (Å²) in [5.41, 5.74) is 2.14. The third-order valence-electron chi connectivity index (χ3n) is 4.82. The number of nitrogens with zero attached hydrogens (tertiary/aromatic N) is 3. The highest BCUT2D eigenvalue weighted by Crippen LogP contribution is 2.23. The Morgan fingerprint density at radius 2 is 1.43 bits per heavy atom. The molecule has 3 N–H and O–H groups in total. The predicted molar refractivity (Wildman–Crippen MR) is 134 cm³/mol. The number of hydrogen-bond acceptors (Lipinski definition) is 7. The van der Waals surface area contributed by atoms with Crippen molar-refractivity contribution in [3.05, 3.63) is 96.1 Å². The summed E-state index contributed by atoms with van der Waals surface area (Å²) in [6, 6.07) is 21.0. The molecule has 0 radical (unpaired) electrons. The molecule has 1 amide bonds. The van der Waals surface area contributed by atoms with Crippen molar-refractivity contribution in [2.45, 2.75) is 18.1 Å². The maximum absolute atomic E-state index is 13.3. The lowest BCUT2D eigenvalue weighted by molar-refractivity contribution is -0.113. The third kappa shape index (κ3) is 7.21. The first kappa shape index (κ1) is 24.1. The van der Waals surface area contributed by atoms with Crippen LogP contribution in [-0.4, -0.2) is 26.6 Å². The molecule has 3 aromatic carbocycles. The average molecular weight is 493 g/mol. The second-order valence-electron chi connectivity index (χ2n) is 7.52. The van der Waals surface area contributed by atoms with E-state index >= 15 is 0 Å². The van der Waals surface area contributed by atoms with Gasteiger partial charge < -0.3 is 16.0 Å². The predicted octanol–water partition coefficient (Wildman–Crippen LogP) is 5.80. The Morgan fingerprint density at radius 1 is 0.829 bits per heavy atom. The summed E-state index contributed by atoms with van der Waals surface area (Å²) in [7, 11) is 0. The molecule has 0 aliphatic rings. The normalized spacial score (nSPS) is 11.5. The largest absolute Gasteiger partial charge is 0.348 e. The standard InChI is InChI=1S/C25H22F2N6OS/c1-16(17-5-3-2-4-6-17)28-23-31-24(30-21-13-9-19(27)10-14-21)33-25(32-23)35-15-22(34)29-20-11-7-18(26)8-12-20/h2-14,16H,15H2,1H3,(H,29,34)(H2,28,30,31,32,33). The van der Waals surface area contributed by atoms with E-state index in [1.54, 1.807) is 12.1 Å². The van der Waals surface area contributed by atoms with E-state index in [0.29, 0.717) is 22.5 Å². The molecular formula is C25H22F2N6OS. The van der Waals surface area contributed by atoms with E-state index in [-0.39, 0.29) is 35.3 Å². The molecular weight excluding hydrogens is 470 g/mol. The van der Waals surface area contributed by atoms with Gasteiger partial charge in [-0.3, -0.25) is 4.79 Å². The maximum atomic E-state index is 13.3. The Balaban J connectivity index is 1.49. The lowest BCUT2D eigenvalue weighted by Crippen LogP contribution is -2.15. The minimum absolute atomic E-state index is 0.0328. The van der Waals surface area contributed by atoms with Gasteiger partial charge in [0.2, 0.25) is 17.8 Å². The highest BCUT2D eigenvalue weighted by Gasteiger charge is 2.13. The van der Waals surface area contributed by atoms with E-state index in [9.17, 15) is 13.6 Å². The summed E-state index contributed by atoms with van der Waals surface area (Å²) in [5.74, 6) is -0.423. The number of benzene rings is 3. The first-order valence-corrected chi connectivity index (χ1v) is 11.7. The van der Waals surface area contributed by atoms with Gasteiger partial charge in [0.25, 0.3) is 0 Å². The van der Waals surface area contributed by atoms with E-state index in [1.165, 1.54) is 36.4 Å². The summed E-state index contributed by atoms with van der Waals surface area (Å²) in [6.07, 6.45) is 0. The SMILES string of the molecule is CC(Nc1nc(Nc2ccc(F)cc2)nc(SCC(=O)Nc2ccc(F)cc2)n1)c1ccccc1. The van der Waals surface area contributed by atoms with Crippen LogP contribution in [-0.2, 0) is 4.79 Å². The Labute approximate surface area is 205 Å². The minimum Gasteiger partial charge on any atom is -0.348 e. The van der Waals surface area contributed by atoms with Gasteiger partial charge in [-0.15, -0.1) is 0 Å². The van der Waals surface area contributed by atoms with Crippen LogP contribution in [0, 0.1) is 11.6 Å². The average Bonchev–Trinajstić information content (AvgIpc) is 2.86. The molecule has 1 unspecified atom stereocenters. The van der Waals surface area contributed by atoms with Crippen molar-refractivity contribution in [2.75, 3.05) is 21.7 Å². The van der Waals surface area contributed by atoms with Crippen LogP contribution in [0.4, 0.5) is 32.1 Å². The molecule has 0 fully saturated rings. The second-order valence-corrected chi connectivity index (χ2v) is 8.46. The van der Waals surface area contributed by atoms with Crippen molar-refractivity contribution >= 4 is 40.9 Å². The second kappa shape index (κ2) is 11.4. The summed E-state index contributed by atoms with van der Waals surface area (Å²) < 4.78 is 26.3. The van der Waals surface area contributed by atoms with Crippen LogP contribution in [0.3, 0.4) is 0 Å². The topological polar surface area (TPSA) is 91.8 Å². The van der Waals surface area contributed by atoms with Crippen molar-refractivity contribution in [3.63, 3.8) is 0 Å². The molecule has 4 aromatic rings. The number of carbonyl (C=O) groups excluding carboxylic acids is 1. The van der Waals surface area contributed by atoms with Gasteiger partial charge in [-0.2, -0.15) is 15.0 Å². The van der Waals surface area contributed by atoms with Crippen molar-refractivity contribution < 1.29 is 13.6 Å². The van der Waals surface area contributed by atoms with Gasteiger partial charge in [0.1, 0.15) is 11.6 Å². The van der Waals surface area contributed by atoms with Crippen LogP contribution >= 0.6 is 11.8 Å². The number of amides is 1.